The van der Waals surface area contributed by atoms with Gasteiger partial charge in [0.15, 0.2) is 0 Å². The number of carboxylic acid groups (broad SMARTS) is 1. The van der Waals surface area contributed by atoms with Gasteiger partial charge in [0, 0.05) is 18.6 Å². The third-order valence-corrected chi connectivity index (χ3v) is 2.91. The van der Waals surface area contributed by atoms with E-state index in [9.17, 15) is 9.59 Å². The first-order valence-electron chi connectivity index (χ1n) is 6.78. The van der Waals surface area contributed by atoms with Gasteiger partial charge in [0.2, 0.25) is 0 Å². The number of carbonyl (C=O) groups excluding carboxylic acids is 1. The van der Waals surface area contributed by atoms with Gasteiger partial charge in [0.1, 0.15) is 0 Å². The minimum Gasteiger partial charge on any atom is -0.481 e. The van der Waals surface area contributed by atoms with Gasteiger partial charge in [-0.05, 0) is 19.4 Å². The summed E-state index contributed by atoms with van der Waals surface area (Å²) in [5.74, 6) is -0.975. The van der Waals surface area contributed by atoms with Crippen LogP contribution >= 0.6 is 0 Å². The van der Waals surface area contributed by atoms with E-state index in [2.05, 4.69) is 5.32 Å². The van der Waals surface area contributed by atoms with Gasteiger partial charge in [-0.3, -0.25) is 4.79 Å². The van der Waals surface area contributed by atoms with Crippen LogP contribution in [0.2, 0.25) is 0 Å². The Morgan fingerprint density at radius 1 is 1.24 bits per heavy atom. The maximum absolute atomic E-state index is 12.2. The summed E-state index contributed by atoms with van der Waals surface area (Å²) < 4.78 is 0. The second-order valence-corrected chi connectivity index (χ2v) is 5.52. The van der Waals surface area contributed by atoms with Crippen LogP contribution in [0, 0.1) is 0 Å². The molecule has 1 aromatic carbocycles. The minimum absolute atomic E-state index is 0.153. The van der Waals surface area contributed by atoms with Crippen LogP contribution in [0.4, 0.5) is 4.79 Å². The fourth-order valence-electron chi connectivity index (χ4n) is 1.97. The summed E-state index contributed by atoms with van der Waals surface area (Å²) in [4.78, 5) is 24.5. The van der Waals surface area contributed by atoms with E-state index in [-0.39, 0.29) is 25.6 Å². The molecule has 116 valence electrons. The van der Waals surface area contributed by atoms with Crippen LogP contribution in [0.25, 0.3) is 0 Å². The van der Waals surface area contributed by atoms with E-state index in [0.717, 1.165) is 5.56 Å². The molecule has 0 bridgehead atoms. The van der Waals surface area contributed by atoms with Crippen molar-refractivity contribution in [2.45, 2.75) is 32.4 Å². The zero-order valence-electron chi connectivity index (χ0n) is 12.4. The van der Waals surface area contributed by atoms with Crippen molar-refractivity contribution in [2.24, 2.45) is 0 Å². The predicted molar refractivity (Wildman–Crippen MR) is 78.8 cm³/mol. The number of amides is 2. The SMILES string of the molecule is CC(C)(CC(=O)O)NC(=O)N(CCO)Cc1ccccc1. The van der Waals surface area contributed by atoms with Gasteiger partial charge in [-0.15, -0.1) is 0 Å². The number of hydrogen-bond acceptors (Lipinski definition) is 3. The third kappa shape index (κ3) is 6.27. The van der Waals surface area contributed by atoms with Crippen LogP contribution in [0.1, 0.15) is 25.8 Å². The Labute approximate surface area is 124 Å². The number of aliphatic carboxylic acids is 1. The molecular weight excluding hydrogens is 272 g/mol. The van der Waals surface area contributed by atoms with E-state index in [4.69, 9.17) is 10.2 Å². The molecule has 0 atom stereocenters. The molecular formula is C15H22N2O4. The first-order chi connectivity index (χ1) is 9.84. The molecule has 2 amide bonds. The normalized spacial score (nSPS) is 11.0. The van der Waals surface area contributed by atoms with Crippen LogP contribution < -0.4 is 5.32 Å². The van der Waals surface area contributed by atoms with E-state index in [0.29, 0.717) is 6.54 Å². The summed E-state index contributed by atoms with van der Waals surface area (Å²) in [7, 11) is 0. The second-order valence-electron chi connectivity index (χ2n) is 5.52. The first kappa shape index (κ1) is 17.0. The summed E-state index contributed by atoms with van der Waals surface area (Å²) in [6, 6.07) is 9.02. The van der Waals surface area contributed by atoms with E-state index in [1.54, 1.807) is 13.8 Å². The maximum Gasteiger partial charge on any atom is 0.318 e. The number of carbonyl (C=O) groups is 2. The van der Waals surface area contributed by atoms with Gasteiger partial charge < -0.3 is 20.4 Å². The molecule has 0 heterocycles. The number of hydrogen-bond donors (Lipinski definition) is 3. The lowest BCUT2D eigenvalue weighted by Crippen LogP contribution is -2.51. The first-order valence-corrected chi connectivity index (χ1v) is 6.78. The number of carboxylic acids is 1. The van der Waals surface area contributed by atoms with Crippen molar-refractivity contribution >= 4 is 12.0 Å². The van der Waals surface area contributed by atoms with Crippen molar-refractivity contribution in [3.63, 3.8) is 0 Å². The molecule has 0 saturated heterocycles. The summed E-state index contributed by atoms with van der Waals surface area (Å²) >= 11 is 0. The lowest BCUT2D eigenvalue weighted by molar-refractivity contribution is -0.138. The largest absolute Gasteiger partial charge is 0.481 e. The van der Waals surface area contributed by atoms with Crippen molar-refractivity contribution in [1.82, 2.24) is 10.2 Å². The Hall–Kier alpha value is -2.08. The average molecular weight is 294 g/mol. The van der Waals surface area contributed by atoms with E-state index < -0.39 is 11.5 Å². The van der Waals surface area contributed by atoms with Gasteiger partial charge in [-0.25, -0.2) is 4.79 Å². The zero-order chi connectivity index (χ0) is 15.9. The second kappa shape index (κ2) is 7.64. The average Bonchev–Trinajstić information content (AvgIpc) is 2.37. The number of aliphatic hydroxyl groups is 1. The summed E-state index contributed by atoms with van der Waals surface area (Å²) in [5.41, 5.74) is 0.0879. The fourth-order valence-corrected chi connectivity index (χ4v) is 1.97. The highest BCUT2D eigenvalue weighted by atomic mass is 16.4. The molecule has 0 fully saturated rings. The molecule has 0 aliphatic rings. The van der Waals surface area contributed by atoms with Gasteiger partial charge in [0.05, 0.1) is 13.0 Å². The standard InChI is InChI=1S/C15H22N2O4/c1-15(2,10-13(19)20)16-14(21)17(8-9-18)11-12-6-4-3-5-7-12/h3-7,18H,8-11H2,1-2H3,(H,16,21)(H,19,20). The number of rotatable bonds is 7. The molecule has 0 radical (unpaired) electrons. The molecule has 0 unspecified atom stereocenters. The van der Waals surface area contributed by atoms with Gasteiger partial charge >= 0.3 is 12.0 Å². The molecule has 21 heavy (non-hydrogen) atoms. The van der Waals surface area contributed by atoms with E-state index >= 15 is 0 Å². The van der Waals surface area contributed by atoms with Gasteiger partial charge in [0.25, 0.3) is 0 Å². The number of benzene rings is 1. The van der Waals surface area contributed by atoms with Crippen molar-refractivity contribution < 1.29 is 19.8 Å². The Bertz CT molecular complexity index is 474. The number of urea groups is 1. The Morgan fingerprint density at radius 2 is 1.86 bits per heavy atom. The molecule has 6 heteroatoms. The maximum atomic E-state index is 12.2. The molecule has 0 saturated carbocycles. The molecule has 0 spiro atoms. The third-order valence-electron chi connectivity index (χ3n) is 2.91. The van der Waals surface area contributed by atoms with Crippen LogP contribution in [0.5, 0.6) is 0 Å². The van der Waals surface area contributed by atoms with Crippen LogP contribution in [0.3, 0.4) is 0 Å². The monoisotopic (exact) mass is 294 g/mol. The van der Waals surface area contributed by atoms with Gasteiger partial charge in [-0.2, -0.15) is 0 Å². The minimum atomic E-state index is -0.975. The molecule has 6 nitrogen and oxygen atoms in total. The molecule has 0 aliphatic carbocycles. The molecule has 0 aromatic heterocycles. The highest BCUT2D eigenvalue weighted by Crippen LogP contribution is 2.11. The highest BCUT2D eigenvalue weighted by molar-refractivity contribution is 5.76. The molecule has 1 rings (SSSR count). The number of aliphatic hydroxyl groups excluding tert-OH is 1. The predicted octanol–water partition coefficient (Wildman–Crippen LogP) is 1.44. The van der Waals surface area contributed by atoms with Crippen molar-refractivity contribution in [1.29, 1.82) is 0 Å². The molecule has 1 aromatic rings. The number of nitrogens with one attached hydrogen (secondary N) is 1. The highest BCUT2D eigenvalue weighted by Gasteiger charge is 2.26. The lowest BCUT2D eigenvalue weighted by Gasteiger charge is -2.29. The van der Waals surface area contributed by atoms with E-state index in [1.165, 1.54) is 4.90 Å². The van der Waals surface area contributed by atoms with Crippen molar-refractivity contribution in [2.75, 3.05) is 13.2 Å². The topological polar surface area (TPSA) is 89.9 Å². The molecule has 0 aliphatic heterocycles. The van der Waals surface area contributed by atoms with E-state index in [1.807, 2.05) is 30.3 Å². The van der Waals surface area contributed by atoms with Crippen LogP contribution in [-0.2, 0) is 11.3 Å². The summed E-state index contributed by atoms with van der Waals surface area (Å²) in [5, 5.41) is 20.6. The van der Waals surface area contributed by atoms with Crippen molar-refractivity contribution in [3.8, 4) is 0 Å². The van der Waals surface area contributed by atoms with Gasteiger partial charge in [-0.1, -0.05) is 30.3 Å². The van der Waals surface area contributed by atoms with Crippen molar-refractivity contribution in [3.05, 3.63) is 35.9 Å². The Balaban J connectivity index is 2.71. The Kier molecular flexibility index (Phi) is 6.17. The summed E-state index contributed by atoms with van der Waals surface area (Å²) in [6.45, 7) is 3.69. The number of nitrogens with zero attached hydrogens (tertiary/aromatic N) is 1. The smallest absolute Gasteiger partial charge is 0.318 e. The molecule has 3 N–H and O–H groups in total. The van der Waals surface area contributed by atoms with Crippen LogP contribution in [-0.4, -0.2) is 45.8 Å². The quantitative estimate of drug-likeness (QED) is 0.710. The fraction of sp³-hybridized carbons (Fsp3) is 0.467. The summed E-state index contributed by atoms with van der Waals surface area (Å²) in [6.07, 6.45) is -0.170. The Morgan fingerprint density at radius 3 is 2.38 bits per heavy atom. The lowest BCUT2D eigenvalue weighted by atomic mass is 10.0. The zero-order valence-corrected chi connectivity index (χ0v) is 12.4. The van der Waals surface area contributed by atoms with Crippen LogP contribution in [0.15, 0.2) is 30.3 Å².